The van der Waals surface area contributed by atoms with E-state index in [0.717, 1.165) is 57.3 Å². The molecule has 1 N–H and O–H groups in total. The first-order valence-electron chi connectivity index (χ1n) is 11.9. The van der Waals surface area contributed by atoms with E-state index in [0.29, 0.717) is 17.3 Å². The van der Waals surface area contributed by atoms with Gasteiger partial charge in [0.25, 0.3) is 0 Å². The second-order valence-corrected chi connectivity index (χ2v) is 9.01. The van der Waals surface area contributed by atoms with Crippen LogP contribution in [0.5, 0.6) is 0 Å². The minimum absolute atomic E-state index is 0.0157. The van der Waals surface area contributed by atoms with Crippen LogP contribution in [0, 0.1) is 11.8 Å². The number of ether oxygens (including phenoxy) is 1. The quantitative estimate of drug-likeness (QED) is 0.691. The average molecular weight is 439 g/mol. The monoisotopic (exact) mass is 438 g/mol. The molecule has 4 rings (SSSR count). The fraction of sp³-hybridized carbons (Fsp3) is 0.560. The predicted molar refractivity (Wildman–Crippen MR) is 124 cm³/mol. The molecule has 0 unspecified atom stereocenters. The van der Waals surface area contributed by atoms with E-state index in [1.165, 1.54) is 0 Å². The number of anilines is 1. The number of amides is 1. The van der Waals surface area contributed by atoms with Crippen LogP contribution in [0.2, 0.25) is 0 Å². The predicted octanol–water partition coefficient (Wildman–Crippen LogP) is 3.96. The topological polar surface area (TPSA) is 76.5 Å². The summed E-state index contributed by atoms with van der Waals surface area (Å²) < 4.78 is 7.04. The third-order valence-corrected chi connectivity index (χ3v) is 6.72. The second kappa shape index (κ2) is 10.3. The summed E-state index contributed by atoms with van der Waals surface area (Å²) in [6.07, 6.45) is 7.32. The number of aromatic nitrogens is 2. The highest BCUT2D eigenvalue weighted by Crippen LogP contribution is 2.34. The zero-order valence-corrected chi connectivity index (χ0v) is 19.1. The van der Waals surface area contributed by atoms with E-state index in [2.05, 4.69) is 12.2 Å². The smallest absolute Gasteiger partial charge is 0.343 e. The number of nitrogens with one attached hydrogen (secondary N) is 1. The summed E-state index contributed by atoms with van der Waals surface area (Å²) in [6, 6.07) is 9.69. The Kier molecular flexibility index (Phi) is 7.25. The maximum atomic E-state index is 13.9. The summed E-state index contributed by atoms with van der Waals surface area (Å²) >= 11 is 0. The Morgan fingerprint density at radius 3 is 2.44 bits per heavy atom. The summed E-state index contributed by atoms with van der Waals surface area (Å²) in [5.74, 6) is 0.751. The number of nitrogens with zero attached hydrogens (tertiary/aromatic N) is 3. The largest absolute Gasteiger partial charge is 0.462 e. The summed E-state index contributed by atoms with van der Waals surface area (Å²) in [5.41, 5.74) is 1.19. The third kappa shape index (κ3) is 4.88. The summed E-state index contributed by atoms with van der Waals surface area (Å²) in [4.78, 5) is 28.6. The van der Waals surface area contributed by atoms with Crippen LogP contribution in [0.15, 0.2) is 36.5 Å². The van der Waals surface area contributed by atoms with Crippen molar-refractivity contribution >= 4 is 17.7 Å². The Hall–Kier alpha value is -2.67. The van der Waals surface area contributed by atoms with Crippen molar-refractivity contribution in [1.29, 1.82) is 0 Å². The Morgan fingerprint density at radius 1 is 1.09 bits per heavy atom. The number of rotatable bonds is 6. The maximum Gasteiger partial charge on any atom is 0.343 e. The lowest BCUT2D eigenvalue weighted by molar-refractivity contribution is -0.124. The van der Waals surface area contributed by atoms with Gasteiger partial charge in [0, 0.05) is 18.2 Å². The van der Waals surface area contributed by atoms with Crippen LogP contribution < -0.4 is 10.2 Å². The molecule has 0 atom stereocenters. The minimum Gasteiger partial charge on any atom is -0.462 e. The first-order chi connectivity index (χ1) is 15.6. The molecular weight excluding hydrogens is 404 g/mol. The van der Waals surface area contributed by atoms with E-state index in [4.69, 9.17) is 9.84 Å². The minimum atomic E-state index is -0.436. The Labute approximate surface area is 190 Å². The molecule has 7 nitrogen and oxygen atoms in total. The lowest BCUT2D eigenvalue weighted by Gasteiger charge is -2.37. The van der Waals surface area contributed by atoms with Gasteiger partial charge in [-0.05, 0) is 76.6 Å². The summed E-state index contributed by atoms with van der Waals surface area (Å²) in [6.45, 7) is 6.02. The molecule has 0 spiro atoms. The lowest BCUT2D eigenvalue weighted by atomic mass is 9.82. The van der Waals surface area contributed by atoms with Gasteiger partial charge in [0.05, 0.1) is 12.3 Å². The molecule has 1 saturated heterocycles. The van der Waals surface area contributed by atoms with Crippen molar-refractivity contribution in [3.8, 4) is 5.69 Å². The SMILES string of the molecule is CCOC(=O)c1cn(-c2ccccc2)nc1N(C(=O)[C@H]1CC[C@H](C)CC1)C1CCNCC1. The molecule has 0 radical (unpaired) electrons. The standard InChI is InChI=1S/C25H34N4O3/c1-3-32-25(31)22-17-28(20-7-5-4-6-8-20)27-23(22)29(21-13-15-26-16-14-21)24(30)19-11-9-18(2)10-12-19/h4-8,17-19,21,26H,3,9-16H2,1-2H3/t18-,19-. The molecular formula is C25H34N4O3. The van der Waals surface area contributed by atoms with Gasteiger partial charge in [0.15, 0.2) is 5.82 Å². The molecule has 1 amide bonds. The van der Waals surface area contributed by atoms with Crippen LogP contribution in [0.1, 0.15) is 62.7 Å². The fourth-order valence-corrected chi connectivity index (χ4v) is 4.83. The first-order valence-corrected chi connectivity index (χ1v) is 11.9. The van der Waals surface area contributed by atoms with Gasteiger partial charge in [0.1, 0.15) is 5.56 Å². The van der Waals surface area contributed by atoms with Gasteiger partial charge < -0.3 is 10.1 Å². The normalized spacial score (nSPS) is 21.8. The van der Waals surface area contributed by atoms with Gasteiger partial charge in [-0.2, -0.15) is 0 Å². The number of esters is 1. The zero-order chi connectivity index (χ0) is 22.5. The van der Waals surface area contributed by atoms with Crippen LogP contribution in [0.4, 0.5) is 5.82 Å². The number of hydrogen-bond donors (Lipinski definition) is 1. The molecule has 172 valence electrons. The molecule has 2 aromatic rings. The third-order valence-electron chi connectivity index (χ3n) is 6.72. The van der Waals surface area contributed by atoms with Crippen molar-refractivity contribution < 1.29 is 14.3 Å². The van der Waals surface area contributed by atoms with Crippen molar-refractivity contribution in [2.75, 3.05) is 24.6 Å². The molecule has 32 heavy (non-hydrogen) atoms. The number of carbonyl (C=O) groups excluding carboxylic acids is 2. The highest BCUT2D eigenvalue weighted by Gasteiger charge is 2.37. The van der Waals surface area contributed by atoms with Crippen molar-refractivity contribution in [3.63, 3.8) is 0 Å². The van der Waals surface area contributed by atoms with Gasteiger partial charge in [0.2, 0.25) is 5.91 Å². The first kappa shape index (κ1) is 22.5. The molecule has 1 saturated carbocycles. The van der Waals surface area contributed by atoms with Crippen LogP contribution in [-0.4, -0.2) is 47.4 Å². The van der Waals surface area contributed by atoms with Crippen molar-refractivity contribution in [2.24, 2.45) is 11.8 Å². The van der Waals surface area contributed by atoms with E-state index in [1.807, 2.05) is 35.2 Å². The molecule has 0 bridgehead atoms. The maximum absolute atomic E-state index is 13.9. The molecule has 1 aromatic heterocycles. The Morgan fingerprint density at radius 2 is 1.78 bits per heavy atom. The van der Waals surface area contributed by atoms with Gasteiger partial charge in [-0.15, -0.1) is 5.10 Å². The van der Waals surface area contributed by atoms with Crippen molar-refractivity contribution in [2.45, 2.75) is 58.4 Å². The average Bonchev–Trinajstić information content (AvgIpc) is 3.26. The molecule has 2 heterocycles. The van der Waals surface area contributed by atoms with E-state index < -0.39 is 5.97 Å². The Balaban J connectivity index is 1.75. The number of carbonyl (C=O) groups is 2. The molecule has 2 aliphatic rings. The van der Waals surface area contributed by atoms with Gasteiger partial charge in [-0.3, -0.25) is 9.69 Å². The lowest BCUT2D eigenvalue weighted by Crippen LogP contribution is -2.49. The molecule has 1 aliphatic heterocycles. The van der Waals surface area contributed by atoms with Gasteiger partial charge in [-0.25, -0.2) is 9.48 Å². The second-order valence-electron chi connectivity index (χ2n) is 9.01. The number of benzene rings is 1. The fourth-order valence-electron chi connectivity index (χ4n) is 4.83. The summed E-state index contributed by atoms with van der Waals surface area (Å²) in [5, 5.41) is 8.17. The molecule has 1 aliphatic carbocycles. The molecule has 1 aromatic carbocycles. The highest BCUT2D eigenvalue weighted by molar-refractivity contribution is 6.02. The number of para-hydroxylation sites is 1. The van der Waals surface area contributed by atoms with E-state index in [1.54, 1.807) is 17.8 Å². The molecule has 7 heteroatoms. The van der Waals surface area contributed by atoms with Crippen molar-refractivity contribution in [3.05, 3.63) is 42.1 Å². The molecule has 2 fully saturated rings. The van der Waals surface area contributed by atoms with Crippen LogP contribution in [-0.2, 0) is 9.53 Å². The highest BCUT2D eigenvalue weighted by atomic mass is 16.5. The van der Waals surface area contributed by atoms with E-state index in [9.17, 15) is 9.59 Å². The van der Waals surface area contributed by atoms with E-state index >= 15 is 0 Å². The van der Waals surface area contributed by atoms with Gasteiger partial charge >= 0.3 is 5.97 Å². The van der Waals surface area contributed by atoms with Crippen LogP contribution in [0.3, 0.4) is 0 Å². The zero-order valence-electron chi connectivity index (χ0n) is 19.1. The van der Waals surface area contributed by atoms with E-state index in [-0.39, 0.29) is 24.5 Å². The van der Waals surface area contributed by atoms with Crippen molar-refractivity contribution in [1.82, 2.24) is 15.1 Å². The van der Waals surface area contributed by atoms with Crippen LogP contribution in [0.25, 0.3) is 5.69 Å². The number of piperidine rings is 1. The summed E-state index contributed by atoms with van der Waals surface area (Å²) in [7, 11) is 0. The van der Waals surface area contributed by atoms with Crippen LogP contribution >= 0.6 is 0 Å². The number of hydrogen-bond acceptors (Lipinski definition) is 5. The Bertz CT molecular complexity index is 913. The van der Waals surface area contributed by atoms with Gasteiger partial charge in [-0.1, -0.05) is 25.1 Å².